The molecule has 0 spiro atoms. The molecule has 5 heteroatoms. The second-order valence-corrected chi connectivity index (χ2v) is 7.18. The van der Waals surface area contributed by atoms with E-state index in [-0.39, 0.29) is 11.9 Å². The van der Waals surface area contributed by atoms with Crippen LogP contribution in [0.15, 0.2) is 22.7 Å². The van der Waals surface area contributed by atoms with E-state index in [0.717, 1.165) is 5.92 Å². The van der Waals surface area contributed by atoms with Gasteiger partial charge < -0.3 is 9.84 Å². The summed E-state index contributed by atoms with van der Waals surface area (Å²) < 4.78 is 19.1. The zero-order valence-corrected chi connectivity index (χ0v) is 14.8. The number of hydrogen-bond donors (Lipinski definition) is 1. The summed E-state index contributed by atoms with van der Waals surface area (Å²) in [4.78, 5) is 4.45. The van der Waals surface area contributed by atoms with Crippen LogP contribution in [-0.4, -0.2) is 16.2 Å². The van der Waals surface area contributed by atoms with E-state index in [1.165, 1.54) is 25.3 Å². The van der Waals surface area contributed by atoms with Crippen molar-refractivity contribution in [2.75, 3.05) is 0 Å². The molecule has 0 bridgehead atoms. The molecule has 1 fully saturated rings. The van der Waals surface area contributed by atoms with Gasteiger partial charge in [-0.05, 0) is 43.7 Å². The van der Waals surface area contributed by atoms with Gasteiger partial charge in [0, 0.05) is 11.6 Å². The summed E-state index contributed by atoms with van der Waals surface area (Å²) in [7, 11) is 0. The van der Waals surface area contributed by atoms with Crippen molar-refractivity contribution in [1.82, 2.24) is 15.5 Å². The van der Waals surface area contributed by atoms with Crippen molar-refractivity contribution in [3.63, 3.8) is 0 Å². The third kappa shape index (κ3) is 3.51. The minimum absolute atomic E-state index is 0.0145. The topological polar surface area (TPSA) is 51.0 Å². The van der Waals surface area contributed by atoms with Gasteiger partial charge in [-0.15, -0.1) is 0 Å². The van der Waals surface area contributed by atoms with Crippen molar-refractivity contribution in [3.8, 4) is 11.4 Å². The molecule has 0 saturated heterocycles. The number of hydrogen-bond acceptors (Lipinski definition) is 4. The van der Waals surface area contributed by atoms with E-state index in [4.69, 9.17) is 4.52 Å². The summed E-state index contributed by atoms with van der Waals surface area (Å²) in [5, 5.41) is 7.64. The van der Waals surface area contributed by atoms with Gasteiger partial charge in [0.25, 0.3) is 0 Å². The van der Waals surface area contributed by atoms with Crippen LogP contribution in [0.1, 0.15) is 57.5 Å². The molecule has 4 nitrogen and oxygen atoms in total. The van der Waals surface area contributed by atoms with Crippen LogP contribution in [0.2, 0.25) is 0 Å². The van der Waals surface area contributed by atoms with Crippen molar-refractivity contribution in [1.29, 1.82) is 0 Å². The molecule has 0 amide bonds. The molecular weight excluding hydrogens is 305 g/mol. The molecule has 1 aliphatic rings. The highest BCUT2D eigenvalue weighted by atomic mass is 19.1. The van der Waals surface area contributed by atoms with Crippen LogP contribution in [0.4, 0.5) is 4.39 Å². The van der Waals surface area contributed by atoms with E-state index < -0.39 is 0 Å². The van der Waals surface area contributed by atoms with Crippen LogP contribution in [0, 0.1) is 24.6 Å². The van der Waals surface area contributed by atoms with Crippen molar-refractivity contribution < 1.29 is 8.91 Å². The highest BCUT2D eigenvalue weighted by Crippen LogP contribution is 2.31. The summed E-state index contributed by atoms with van der Waals surface area (Å²) in [6.45, 7) is 8.40. The van der Waals surface area contributed by atoms with E-state index in [2.05, 4.69) is 29.3 Å². The lowest BCUT2D eigenvalue weighted by Crippen LogP contribution is -2.41. The lowest BCUT2D eigenvalue weighted by Gasteiger charge is -2.35. The minimum Gasteiger partial charge on any atom is -0.337 e. The molecule has 1 heterocycles. The zero-order valence-electron chi connectivity index (χ0n) is 14.8. The number of aromatic nitrogens is 2. The summed E-state index contributed by atoms with van der Waals surface area (Å²) >= 11 is 0. The number of halogens is 1. The first-order chi connectivity index (χ1) is 11.5. The highest BCUT2D eigenvalue weighted by Gasteiger charge is 2.29. The number of benzene rings is 1. The minimum atomic E-state index is -0.255. The molecule has 1 aromatic heterocycles. The molecule has 130 valence electrons. The molecule has 1 N–H and O–H groups in total. The second kappa shape index (κ2) is 7.01. The standard InChI is InChI=1S/C19H26FN3O/c1-11-6-5-7-17(13(11)3)21-14(4)19-22-18(23-24-19)15-9-8-12(2)16(20)10-15/h8-11,13-14,17,21H,5-7H2,1-4H3. The maximum Gasteiger partial charge on any atom is 0.243 e. The Bertz CT molecular complexity index is 700. The predicted molar refractivity (Wildman–Crippen MR) is 91.9 cm³/mol. The lowest BCUT2D eigenvalue weighted by atomic mass is 9.78. The third-order valence-corrected chi connectivity index (χ3v) is 5.41. The fraction of sp³-hybridized carbons (Fsp3) is 0.579. The Labute approximate surface area is 142 Å². The Hall–Kier alpha value is -1.75. The molecule has 4 atom stereocenters. The van der Waals surface area contributed by atoms with E-state index in [1.807, 2.05) is 13.0 Å². The summed E-state index contributed by atoms with van der Waals surface area (Å²) in [5.41, 5.74) is 1.25. The molecule has 1 aromatic carbocycles. The van der Waals surface area contributed by atoms with Crippen LogP contribution in [0.3, 0.4) is 0 Å². The first-order valence-electron chi connectivity index (χ1n) is 8.82. The summed E-state index contributed by atoms with van der Waals surface area (Å²) in [6.07, 6.45) is 3.74. The largest absolute Gasteiger partial charge is 0.337 e. The van der Waals surface area contributed by atoms with Gasteiger partial charge in [-0.1, -0.05) is 44.0 Å². The number of nitrogens with one attached hydrogen (secondary N) is 1. The molecule has 24 heavy (non-hydrogen) atoms. The van der Waals surface area contributed by atoms with Crippen LogP contribution in [0.25, 0.3) is 11.4 Å². The fourth-order valence-corrected chi connectivity index (χ4v) is 3.47. The van der Waals surface area contributed by atoms with Gasteiger partial charge in [-0.3, -0.25) is 0 Å². The molecule has 4 unspecified atom stereocenters. The quantitative estimate of drug-likeness (QED) is 0.885. The Morgan fingerprint density at radius 3 is 2.83 bits per heavy atom. The third-order valence-electron chi connectivity index (χ3n) is 5.41. The predicted octanol–water partition coefficient (Wildman–Crippen LogP) is 4.66. The van der Waals surface area contributed by atoms with Gasteiger partial charge in [0.1, 0.15) is 5.82 Å². The van der Waals surface area contributed by atoms with Crippen LogP contribution >= 0.6 is 0 Å². The summed E-state index contributed by atoms with van der Waals surface area (Å²) in [5.74, 6) is 2.10. The van der Waals surface area contributed by atoms with Crippen LogP contribution < -0.4 is 5.32 Å². The second-order valence-electron chi connectivity index (χ2n) is 7.18. The van der Waals surface area contributed by atoms with Crippen molar-refractivity contribution in [3.05, 3.63) is 35.5 Å². The van der Waals surface area contributed by atoms with Gasteiger partial charge in [0.2, 0.25) is 11.7 Å². The van der Waals surface area contributed by atoms with E-state index >= 15 is 0 Å². The molecule has 2 aromatic rings. The zero-order chi connectivity index (χ0) is 17.3. The van der Waals surface area contributed by atoms with Crippen molar-refractivity contribution in [2.24, 2.45) is 11.8 Å². The van der Waals surface area contributed by atoms with Crippen LogP contribution in [0.5, 0.6) is 0 Å². The first-order valence-corrected chi connectivity index (χ1v) is 8.82. The van der Waals surface area contributed by atoms with Gasteiger partial charge in [0.05, 0.1) is 6.04 Å². The van der Waals surface area contributed by atoms with Crippen LogP contribution in [-0.2, 0) is 0 Å². The molecule has 0 aliphatic heterocycles. The summed E-state index contributed by atoms with van der Waals surface area (Å²) in [6, 6.07) is 5.45. The first kappa shape index (κ1) is 17.1. The van der Waals surface area contributed by atoms with Gasteiger partial charge in [-0.25, -0.2) is 4.39 Å². The number of nitrogens with zero attached hydrogens (tertiary/aromatic N) is 2. The molecule has 1 aliphatic carbocycles. The van der Waals surface area contributed by atoms with Gasteiger partial charge in [0.15, 0.2) is 0 Å². The molecule has 1 saturated carbocycles. The van der Waals surface area contributed by atoms with Crippen molar-refractivity contribution in [2.45, 2.75) is 59.0 Å². The average Bonchev–Trinajstić information content (AvgIpc) is 3.04. The Balaban J connectivity index is 1.71. The maximum atomic E-state index is 13.7. The molecular formula is C19H26FN3O. The SMILES string of the molecule is Cc1ccc(-c2noc(C(C)NC3CCCC(C)C3C)n2)cc1F. The Morgan fingerprint density at radius 1 is 1.29 bits per heavy atom. The van der Waals surface area contributed by atoms with E-state index in [1.54, 1.807) is 13.0 Å². The molecule has 0 radical (unpaired) electrons. The maximum absolute atomic E-state index is 13.7. The highest BCUT2D eigenvalue weighted by molar-refractivity contribution is 5.54. The average molecular weight is 331 g/mol. The van der Waals surface area contributed by atoms with Crippen molar-refractivity contribution >= 4 is 0 Å². The Morgan fingerprint density at radius 2 is 2.08 bits per heavy atom. The fourth-order valence-electron chi connectivity index (χ4n) is 3.47. The van der Waals surface area contributed by atoms with Gasteiger partial charge >= 0.3 is 0 Å². The van der Waals surface area contributed by atoms with E-state index in [0.29, 0.717) is 34.8 Å². The monoisotopic (exact) mass is 331 g/mol. The smallest absolute Gasteiger partial charge is 0.243 e. The number of aryl methyl sites for hydroxylation is 1. The Kier molecular flexibility index (Phi) is 4.99. The van der Waals surface area contributed by atoms with E-state index in [9.17, 15) is 4.39 Å². The molecule has 3 rings (SSSR count). The lowest BCUT2D eigenvalue weighted by molar-refractivity contribution is 0.187. The number of rotatable bonds is 4. The van der Waals surface area contributed by atoms with Gasteiger partial charge in [-0.2, -0.15) is 4.98 Å². The normalized spacial score (nSPS) is 25.6.